The normalized spacial score (nSPS) is 18.4. The average Bonchev–Trinajstić information content (AvgIpc) is 2.89. The third-order valence-corrected chi connectivity index (χ3v) is 7.64. The van der Waals surface area contributed by atoms with Gasteiger partial charge in [-0.3, -0.25) is 4.90 Å². The zero-order chi connectivity index (χ0) is 33.3. The molecule has 1 saturated heterocycles. The summed E-state index contributed by atoms with van der Waals surface area (Å²) >= 11 is 12.5. The van der Waals surface area contributed by atoms with Crippen LogP contribution in [0.4, 0.5) is 9.59 Å². The number of benzene rings is 2. The van der Waals surface area contributed by atoms with Crippen LogP contribution in [0, 0.1) is 6.92 Å². The highest BCUT2D eigenvalue weighted by molar-refractivity contribution is 6.37. The van der Waals surface area contributed by atoms with Crippen LogP contribution in [-0.2, 0) is 14.3 Å². The summed E-state index contributed by atoms with van der Waals surface area (Å²) in [6.45, 7) is 13.0. The molecule has 2 aliphatic rings. The second-order valence-electron chi connectivity index (χ2n) is 13.1. The smallest absolute Gasteiger partial charge is 0.411 e. The summed E-state index contributed by atoms with van der Waals surface area (Å²) in [5, 5.41) is 11.3. The number of amides is 2. The monoisotopic (exact) mass is 662 g/mol. The highest BCUT2D eigenvalue weighted by Crippen LogP contribution is 2.40. The van der Waals surface area contributed by atoms with Gasteiger partial charge < -0.3 is 29.0 Å². The molecule has 2 aromatic carbocycles. The number of nitrogens with zero attached hydrogens (tertiary/aromatic N) is 2. The number of halogens is 2. The van der Waals surface area contributed by atoms with Gasteiger partial charge in [0.1, 0.15) is 30.2 Å². The molecule has 45 heavy (non-hydrogen) atoms. The molecule has 2 bridgehead atoms. The van der Waals surface area contributed by atoms with Crippen LogP contribution in [0.3, 0.4) is 0 Å². The number of carbonyl (C=O) groups excluding carboxylic acids is 2. The lowest BCUT2D eigenvalue weighted by molar-refractivity contribution is -0.134. The molecular weight excluding hydrogens is 623 g/mol. The first-order chi connectivity index (χ1) is 20.9. The number of hydrogen-bond donors (Lipinski definition) is 1. The number of aryl methyl sites for hydroxylation is 1. The zero-order valence-corrected chi connectivity index (χ0v) is 28.1. The molecular formula is C33H40Cl2N2O8. The molecule has 4 rings (SSSR count). The van der Waals surface area contributed by atoms with Crippen molar-refractivity contribution in [1.82, 2.24) is 9.80 Å². The topological polar surface area (TPSA) is 115 Å². The third-order valence-electron chi connectivity index (χ3n) is 7.08. The third kappa shape index (κ3) is 8.55. The molecule has 0 radical (unpaired) electrons. The lowest BCUT2D eigenvalue weighted by Gasteiger charge is -2.50. The minimum atomic E-state index is -1.18. The van der Waals surface area contributed by atoms with Gasteiger partial charge in [-0.05, 0) is 95.9 Å². The van der Waals surface area contributed by atoms with E-state index in [1.807, 2.05) is 6.92 Å². The average molecular weight is 664 g/mol. The van der Waals surface area contributed by atoms with E-state index >= 15 is 0 Å². The van der Waals surface area contributed by atoms with Gasteiger partial charge in [0, 0.05) is 13.1 Å². The Morgan fingerprint density at radius 1 is 0.867 bits per heavy atom. The van der Waals surface area contributed by atoms with E-state index in [-0.39, 0.29) is 38.3 Å². The molecule has 2 atom stereocenters. The number of piperazine rings is 1. The van der Waals surface area contributed by atoms with Gasteiger partial charge in [0.25, 0.3) is 0 Å². The molecule has 12 heteroatoms. The van der Waals surface area contributed by atoms with E-state index < -0.39 is 41.4 Å². The number of fused-ring (bicyclic) bond motifs is 2. The van der Waals surface area contributed by atoms with Crippen molar-refractivity contribution < 1.29 is 38.4 Å². The fraction of sp³-hybridized carbons (Fsp3) is 0.485. The molecule has 0 aromatic heterocycles. The Balaban J connectivity index is 1.55. The van der Waals surface area contributed by atoms with Crippen molar-refractivity contribution in [3.8, 4) is 11.5 Å². The van der Waals surface area contributed by atoms with Crippen LogP contribution >= 0.6 is 23.2 Å². The minimum Gasteiger partial charge on any atom is -0.490 e. The summed E-state index contributed by atoms with van der Waals surface area (Å²) < 4.78 is 22.8. The van der Waals surface area contributed by atoms with Gasteiger partial charge in [-0.1, -0.05) is 35.3 Å². The van der Waals surface area contributed by atoms with Crippen LogP contribution < -0.4 is 9.47 Å². The van der Waals surface area contributed by atoms with Crippen LogP contribution in [0.25, 0.3) is 5.57 Å². The maximum absolute atomic E-state index is 13.4. The Labute approximate surface area is 273 Å². The first kappa shape index (κ1) is 34.2. The first-order valence-corrected chi connectivity index (χ1v) is 15.5. The van der Waals surface area contributed by atoms with E-state index in [1.165, 1.54) is 9.80 Å². The summed E-state index contributed by atoms with van der Waals surface area (Å²) in [5.41, 5.74) is 0.692. The zero-order valence-electron chi connectivity index (χ0n) is 26.6. The molecule has 1 N–H and O–H groups in total. The van der Waals surface area contributed by atoms with Crippen molar-refractivity contribution >= 4 is 46.9 Å². The lowest BCUT2D eigenvalue weighted by Crippen LogP contribution is -2.65. The molecule has 2 aliphatic heterocycles. The Bertz CT molecular complexity index is 1450. The second-order valence-corrected chi connectivity index (χ2v) is 13.9. The van der Waals surface area contributed by atoms with Crippen molar-refractivity contribution in [3.63, 3.8) is 0 Å². The van der Waals surface area contributed by atoms with Gasteiger partial charge in [-0.25, -0.2) is 14.4 Å². The van der Waals surface area contributed by atoms with Gasteiger partial charge in [-0.2, -0.15) is 0 Å². The predicted molar refractivity (Wildman–Crippen MR) is 171 cm³/mol. The standard InChI is InChI=1S/C33H40Cl2N2O8/c1-19-14-24(34)28(25(35)15-19)43-13-12-42-22-10-8-20(9-11-22)23-16-21-17-36(30(40)44-32(2,3)4)18-26(27(23)29(38)39)37(21)31(41)45-33(5,6)7/h8-11,14-15,21,26H,12-13,16-18H2,1-7H3,(H,38,39)/t21?,26-/m1/s1. The number of ether oxygens (including phenoxy) is 4. The van der Waals surface area contributed by atoms with Crippen molar-refractivity contribution in [2.75, 3.05) is 26.3 Å². The van der Waals surface area contributed by atoms with E-state index in [0.717, 1.165) is 5.56 Å². The number of carboxylic acid groups (broad SMARTS) is 1. The van der Waals surface area contributed by atoms with Gasteiger partial charge in [-0.15, -0.1) is 0 Å². The summed E-state index contributed by atoms with van der Waals surface area (Å²) in [4.78, 5) is 42.1. The van der Waals surface area contributed by atoms with E-state index in [4.69, 9.17) is 42.1 Å². The molecule has 244 valence electrons. The van der Waals surface area contributed by atoms with Crippen molar-refractivity contribution in [3.05, 3.63) is 63.1 Å². The summed E-state index contributed by atoms with van der Waals surface area (Å²) in [5.74, 6) is -0.230. The molecule has 0 spiro atoms. The largest absolute Gasteiger partial charge is 0.490 e. The maximum atomic E-state index is 13.4. The Hall–Kier alpha value is -3.63. The van der Waals surface area contributed by atoms with Crippen LogP contribution in [0.15, 0.2) is 42.0 Å². The molecule has 1 unspecified atom stereocenters. The quantitative estimate of drug-likeness (QED) is 0.309. The van der Waals surface area contributed by atoms with Crippen LogP contribution in [-0.4, -0.2) is 82.7 Å². The van der Waals surface area contributed by atoms with E-state index in [2.05, 4.69) is 0 Å². The first-order valence-electron chi connectivity index (χ1n) is 14.7. The fourth-order valence-corrected chi connectivity index (χ4v) is 6.10. The molecule has 0 saturated carbocycles. The number of carbonyl (C=O) groups is 3. The van der Waals surface area contributed by atoms with Crippen molar-refractivity contribution in [2.24, 2.45) is 0 Å². The summed E-state index contributed by atoms with van der Waals surface area (Å²) in [6.07, 6.45) is -0.992. The number of hydrogen-bond acceptors (Lipinski definition) is 7. The SMILES string of the molecule is Cc1cc(Cl)c(OCCOc2ccc(C3=C(C(=O)O)[C@H]4CN(C(=O)OC(C)(C)C)CC(C3)N4C(=O)OC(C)(C)C)cc2)c(Cl)c1. The minimum absolute atomic E-state index is 0.0271. The van der Waals surface area contributed by atoms with Gasteiger partial charge in [0.15, 0.2) is 5.75 Å². The molecule has 2 amide bonds. The second kappa shape index (κ2) is 13.4. The molecule has 2 aromatic rings. The van der Waals surface area contributed by atoms with E-state index in [1.54, 1.807) is 77.9 Å². The van der Waals surface area contributed by atoms with Crippen LogP contribution in [0.2, 0.25) is 10.0 Å². The number of rotatable bonds is 7. The number of carboxylic acids is 1. The van der Waals surface area contributed by atoms with Gasteiger partial charge in [0.05, 0.1) is 27.7 Å². The molecule has 0 aliphatic carbocycles. The summed E-state index contributed by atoms with van der Waals surface area (Å²) in [6, 6.07) is 9.12. The van der Waals surface area contributed by atoms with Crippen LogP contribution in [0.5, 0.6) is 11.5 Å². The highest BCUT2D eigenvalue weighted by atomic mass is 35.5. The van der Waals surface area contributed by atoms with Crippen molar-refractivity contribution in [2.45, 2.75) is 78.2 Å². The lowest BCUT2D eigenvalue weighted by atomic mass is 9.82. The fourth-order valence-electron chi connectivity index (χ4n) is 5.40. The molecule has 2 heterocycles. The van der Waals surface area contributed by atoms with Crippen molar-refractivity contribution in [1.29, 1.82) is 0 Å². The number of aliphatic carboxylic acids is 1. The molecule has 10 nitrogen and oxygen atoms in total. The van der Waals surface area contributed by atoms with Gasteiger partial charge in [0.2, 0.25) is 0 Å². The Morgan fingerprint density at radius 2 is 1.42 bits per heavy atom. The molecule has 1 fully saturated rings. The Morgan fingerprint density at radius 3 is 1.98 bits per heavy atom. The maximum Gasteiger partial charge on any atom is 0.411 e. The summed E-state index contributed by atoms with van der Waals surface area (Å²) in [7, 11) is 0. The Kier molecular flexibility index (Phi) is 10.2. The highest BCUT2D eigenvalue weighted by Gasteiger charge is 2.49. The predicted octanol–water partition coefficient (Wildman–Crippen LogP) is 7.23. The van der Waals surface area contributed by atoms with E-state index in [9.17, 15) is 19.5 Å². The van der Waals surface area contributed by atoms with Crippen LogP contribution in [0.1, 0.15) is 59.1 Å². The van der Waals surface area contributed by atoms with Gasteiger partial charge >= 0.3 is 18.2 Å². The van der Waals surface area contributed by atoms with E-state index in [0.29, 0.717) is 32.7 Å².